The van der Waals surface area contributed by atoms with Gasteiger partial charge < -0.3 is 25.3 Å². The van der Waals surface area contributed by atoms with Crippen molar-refractivity contribution in [1.29, 1.82) is 0 Å². The molecule has 34 heavy (non-hydrogen) atoms. The van der Waals surface area contributed by atoms with E-state index < -0.39 is 0 Å². The number of imidazole rings is 1. The van der Waals surface area contributed by atoms with Crippen LogP contribution in [0.5, 0.6) is 0 Å². The third-order valence-corrected chi connectivity index (χ3v) is 5.84. The minimum Gasteiger partial charge on any atom is -0.394 e. The van der Waals surface area contributed by atoms with Crippen molar-refractivity contribution < 1.29 is 14.6 Å². The van der Waals surface area contributed by atoms with E-state index in [9.17, 15) is 5.11 Å². The maximum absolute atomic E-state index is 9.35. The fraction of sp³-hybridized carbons (Fsp3) is 0.440. The summed E-state index contributed by atoms with van der Waals surface area (Å²) in [4.78, 5) is 24.1. The summed E-state index contributed by atoms with van der Waals surface area (Å²) in [5.41, 5.74) is 10.2. The molecule has 2 atom stereocenters. The molecule has 0 spiro atoms. The summed E-state index contributed by atoms with van der Waals surface area (Å²) in [5.74, 6) is 0.884. The molecule has 0 saturated carbocycles. The molecule has 2 aliphatic rings. The highest BCUT2D eigenvalue weighted by Gasteiger charge is 2.28. The minimum absolute atomic E-state index is 0.0516. The van der Waals surface area contributed by atoms with Crippen molar-refractivity contribution in [2.24, 2.45) is 5.73 Å². The quantitative estimate of drug-likeness (QED) is 0.563. The number of aromatic nitrogens is 4. The van der Waals surface area contributed by atoms with E-state index in [1.807, 2.05) is 11.4 Å². The van der Waals surface area contributed by atoms with Crippen LogP contribution in [0, 0.1) is 6.92 Å². The molecule has 0 amide bonds. The van der Waals surface area contributed by atoms with Gasteiger partial charge in [0, 0.05) is 13.1 Å². The van der Waals surface area contributed by atoms with E-state index in [-0.39, 0.29) is 18.9 Å². The van der Waals surface area contributed by atoms with Gasteiger partial charge in [-0.2, -0.15) is 0 Å². The molecule has 4 heterocycles. The molecule has 1 fully saturated rings. The van der Waals surface area contributed by atoms with Crippen molar-refractivity contribution >= 4 is 23.8 Å². The fourth-order valence-corrected chi connectivity index (χ4v) is 4.38. The van der Waals surface area contributed by atoms with Crippen molar-refractivity contribution in [3.8, 4) is 0 Å². The monoisotopic (exact) mass is 468 g/mol. The van der Waals surface area contributed by atoms with Crippen LogP contribution in [0.2, 0.25) is 0 Å². The van der Waals surface area contributed by atoms with Crippen LogP contribution < -0.4 is 10.6 Å². The topological polar surface area (TPSA) is 119 Å². The molecule has 3 aromatic rings. The molecule has 1 saturated heterocycles. The summed E-state index contributed by atoms with van der Waals surface area (Å²) in [6.45, 7) is 12.0. The van der Waals surface area contributed by atoms with Crippen LogP contribution in [0.3, 0.4) is 0 Å². The largest absolute Gasteiger partial charge is 0.394 e. The van der Waals surface area contributed by atoms with Gasteiger partial charge in [0.15, 0.2) is 17.0 Å². The average Bonchev–Trinajstić information content (AvgIpc) is 3.50. The second-order valence-electron chi connectivity index (χ2n) is 7.79. The summed E-state index contributed by atoms with van der Waals surface area (Å²) < 4.78 is 7.91. The molecule has 2 aromatic heterocycles. The normalized spacial score (nSPS) is 18.9. The van der Waals surface area contributed by atoms with Gasteiger partial charge in [-0.25, -0.2) is 15.0 Å². The number of nitrogens with zero attached hydrogens (tertiary/aromatic N) is 5. The second kappa shape index (κ2) is 13.5. The molecule has 9 nitrogen and oxygen atoms in total. The molecular weight excluding hydrogens is 432 g/mol. The summed E-state index contributed by atoms with van der Waals surface area (Å²) >= 11 is 0. The molecule has 2 unspecified atom stereocenters. The Bertz CT molecular complexity index is 1040. The number of fused-ring (bicyclic) bond motifs is 2. The number of ether oxygens (including phenoxy) is 1. The molecule has 0 bridgehead atoms. The number of aliphatic hydroxyl groups excluding tert-OH is 1. The van der Waals surface area contributed by atoms with Crippen molar-refractivity contribution in [3.05, 3.63) is 60.7 Å². The number of anilines is 1. The van der Waals surface area contributed by atoms with E-state index in [2.05, 4.69) is 63.9 Å². The number of carbonyl (C=O) groups excluding carboxylic acids is 1. The van der Waals surface area contributed by atoms with Gasteiger partial charge in [0.25, 0.3) is 0 Å². The number of nitrogens with two attached hydrogens (primary N) is 1. The summed E-state index contributed by atoms with van der Waals surface area (Å²) in [7, 11) is 1.50. The first kappa shape index (κ1) is 27.1. The third kappa shape index (κ3) is 5.85. The summed E-state index contributed by atoms with van der Waals surface area (Å²) in [6, 6.07) is 6.74. The van der Waals surface area contributed by atoms with Crippen molar-refractivity contribution in [2.75, 3.05) is 25.1 Å². The van der Waals surface area contributed by atoms with Gasteiger partial charge in [0.1, 0.15) is 19.3 Å². The smallest absolute Gasteiger partial charge is 0.167 e. The number of carbonyl (C=O) groups is 1. The van der Waals surface area contributed by atoms with E-state index in [0.29, 0.717) is 0 Å². The number of hydrogen-bond acceptors (Lipinski definition) is 8. The first-order valence-corrected chi connectivity index (χ1v) is 11.4. The zero-order valence-electron chi connectivity index (χ0n) is 20.2. The van der Waals surface area contributed by atoms with Gasteiger partial charge in [0.2, 0.25) is 0 Å². The first-order valence-electron chi connectivity index (χ1n) is 11.4. The highest BCUT2D eigenvalue weighted by molar-refractivity contribution is 5.83. The van der Waals surface area contributed by atoms with E-state index in [4.69, 9.17) is 9.53 Å². The minimum atomic E-state index is -0.127. The Kier molecular flexibility index (Phi) is 10.8. The van der Waals surface area contributed by atoms with Gasteiger partial charge >= 0.3 is 0 Å². The number of benzene rings is 1. The Morgan fingerprint density at radius 2 is 1.91 bits per heavy atom. The Morgan fingerprint density at radius 3 is 2.62 bits per heavy atom. The van der Waals surface area contributed by atoms with Crippen LogP contribution in [0.25, 0.3) is 11.2 Å². The molecule has 0 aliphatic carbocycles. The molecule has 9 heteroatoms. The Hall–Kier alpha value is -3.14. The van der Waals surface area contributed by atoms with E-state index >= 15 is 0 Å². The Labute approximate surface area is 201 Å². The van der Waals surface area contributed by atoms with Gasteiger partial charge in [-0.15, -0.1) is 13.2 Å². The van der Waals surface area contributed by atoms with Gasteiger partial charge in [-0.1, -0.05) is 23.8 Å². The molecular formula is C25H36N6O3. The molecule has 5 rings (SSSR count). The average molecular weight is 469 g/mol. The fourth-order valence-electron chi connectivity index (χ4n) is 4.38. The molecule has 0 radical (unpaired) electrons. The summed E-state index contributed by atoms with van der Waals surface area (Å²) in [6.07, 6.45) is 7.07. The Morgan fingerprint density at radius 1 is 1.15 bits per heavy atom. The predicted molar refractivity (Wildman–Crippen MR) is 135 cm³/mol. The Balaban J connectivity index is 0.000000633. The van der Waals surface area contributed by atoms with Crippen molar-refractivity contribution in [1.82, 2.24) is 19.5 Å². The molecule has 3 N–H and O–H groups in total. The van der Waals surface area contributed by atoms with Crippen LogP contribution in [-0.4, -0.2) is 57.7 Å². The summed E-state index contributed by atoms with van der Waals surface area (Å²) in [5, 5.41) is 9.35. The lowest BCUT2D eigenvalue weighted by Gasteiger charge is -2.22. The number of hydrogen-bond donors (Lipinski definition) is 2. The highest BCUT2D eigenvalue weighted by atomic mass is 16.5. The third-order valence-electron chi connectivity index (χ3n) is 5.84. The second-order valence-corrected chi connectivity index (χ2v) is 7.79. The molecule has 184 valence electrons. The van der Waals surface area contributed by atoms with Crippen LogP contribution in [0.4, 0.5) is 5.82 Å². The molecule has 1 aromatic carbocycles. The van der Waals surface area contributed by atoms with E-state index in [1.165, 1.54) is 23.7 Å². The van der Waals surface area contributed by atoms with Crippen LogP contribution in [-0.2, 0) is 22.5 Å². The van der Waals surface area contributed by atoms with Crippen LogP contribution >= 0.6 is 0 Å². The molecule has 2 aliphatic heterocycles. The van der Waals surface area contributed by atoms with Crippen LogP contribution in [0.15, 0.2) is 44.0 Å². The van der Waals surface area contributed by atoms with Gasteiger partial charge in [0.05, 0.1) is 19.0 Å². The standard InChI is InChI=1S/C21H25N5O2.C2H4.CH5N.CH2O/c1-14-4-5-15-3-2-8-25(10-16(15)9-14)20-19-21(23-12-22-20)26(13-24-19)18-7-6-17(11-27)28-18;3*1-2/h4-5,9,12-13,17-18,27H,2-3,6-8,10-11H2,1H3;1-2H2;2H2,1H3;1H2. The SMILES string of the molecule is C=C.C=O.CN.Cc1ccc2c(c1)CN(c1ncnc3c1ncn3C1CCC(CO)O1)CCC2. The van der Waals surface area contributed by atoms with Crippen molar-refractivity contribution in [3.63, 3.8) is 0 Å². The lowest BCUT2D eigenvalue weighted by atomic mass is 10.0. The van der Waals surface area contributed by atoms with Gasteiger partial charge in [-0.05, 0) is 50.8 Å². The number of aliphatic hydroxyl groups is 1. The predicted octanol–water partition coefficient (Wildman–Crippen LogP) is 2.95. The van der Waals surface area contributed by atoms with Gasteiger partial charge in [-0.3, -0.25) is 4.57 Å². The zero-order chi connectivity index (χ0) is 25.1. The zero-order valence-corrected chi connectivity index (χ0v) is 20.2. The van der Waals surface area contributed by atoms with Crippen LogP contribution in [0.1, 0.15) is 42.2 Å². The van der Waals surface area contributed by atoms with Crippen molar-refractivity contribution in [2.45, 2.75) is 51.5 Å². The highest BCUT2D eigenvalue weighted by Crippen LogP contribution is 2.33. The van der Waals surface area contributed by atoms with E-state index in [0.717, 1.165) is 55.8 Å². The maximum Gasteiger partial charge on any atom is 0.167 e. The number of aryl methyl sites for hydroxylation is 2. The van der Waals surface area contributed by atoms with E-state index in [1.54, 1.807) is 12.7 Å². The lowest BCUT2D eigenvalue weighted by molar-refractivity contribution is -0.0980. The lowest BCUT2D eigenvalue weighted by Crippen LogP contribution is -2.24. The first-order chi connectivity index (χ1) is 16.7. The number of rotatable bonds is 3. The maximum atomic E-state index is 9.35.